The van der Waals surface area contributed by atoms with Gasteiger partial charge in [-0.2, -0.15) is 0 Å². The molecular formula is C13H16N2O6. The maximum atomic E-state index is 11.6. The number of hydrogen-bond donors (Lipinski definition) is 4. The highest BCUT2D eigenvalue weighted by molar-refractivity contribution is 5.96. The van der Waals surface area contributed by atoms with Crippen molar-refractivity contribution in [2.45, 2.75) is 18.5 Å². The number of esters is 1. The Hall–Kier alpha value is -2.61. The van der Waals surface area contributed by atoms with E-state index >= 15 is 0 Å². The number of nitrogens with two attached hydrogens (primary N) is 1. The number of methoxy groups -OCH3 is 1. The van der Waals surface area contributed by atoms with E-state index in [1.807, 2.05) is 0 Å². The zero-order chi connectivity index (χ0) is 16.0. The third-order valence-electron chi connectivity index (χ3n) is 2.77. The number of rotatable bonds is 7. The summed E-state index contributed by atoms with van der Waals surface area (Å²) in [7, 11) is 1.20. The highest BCUT2D eigenvalue weighted by Gasteiger charge is 2.25. The van der Waals surface area contributed by atoms with Crippen LogP contribution < -0.4 is 11.1 Å². The number of nitrogens with one attached hydrogen (secondary N) is 1. The van der Waals surface area contributed by atoms with Gasteiger partial charge >= 0.3 is 17.9 Å². The zero-order valence-electron chi connectivity index (χ0n) is 11.3. The Bertz CT molecular complexity index is 545. The van der Waals surface area contributed by atoms with Crippen molar-refractivity contribution in [2.75, 3.05) is 12.4 Å². The van der Waals surface area contributed by atoms with Crippen LogP contribution in [0.5, 0.6) is 0 Å². The smallest absolute Gasteiger partial charge is 0.339 e. The second-order valence-corrected chi connectivity index (χ2v) is 4.25. The van der Waals surface area contributed by atoms with E-state index in [1.54, 1.807) is 12.1 Å². The summed E-state index contributed by atoms with van der Waals surface area (Å²) >= 11 is 0. The molecule has 0 aliphatic carbocycles. The predicted molar refractivity (Wildman–Crippen MR) is 73.1 cm³/mol. The number of para-hydroxylation sites is 1. The molecule has 2 atom stereocenters. The average Bonchev–Trinajstić information content (AvgIpc) is 2.45. The first-order valence-corrected chi connectivity index (χ1v) is 6.02. The molecule has 5 N–H and O–H groups in total. The first-order valence-electron chi connectivity index (χ1n) is 6.02. The molecule has 1 aromatic carbocycles. The summed E-state index contributed by atoms with van der Waals surface area (Å²) in [4.78, 5) is 33.5. The van der Waals surface area contributed by atoms with Crippen molar-refractivity contribution in [1.29, 1.82) is 0 Å². The molecule has 8 heteroatoms. The van der Waals surface area contributed by atoms with Crippen LogP contribution in [0.15, 0.2) is 24.3 Å². The van der Waals surface area contributed by atoms with Crippen LogP contribution in [0.2, 0.25) is 0 Å². The summed E-state index contributed by atoms with van der Waals surface area (Å²) in [5.41, 5.74) is 5.72. The van der Waals surface area contributed by atoms with E-state index in [0.717, 1.165) is 0 Å². The number of aliphatic carboxylic acids is 2. The Balaban J connectivity index is 2.97. The molecular weight excluding hydrogens is 280 g/mol. The fraction of sp³-hybridized carbons (Fsp3) is 0.308. The normalized spacial score (nSPS) is 13.0. The molecule has 0 bridgehead atoms. The molecule has 1 aromatic rings. The molecule has 0 saturated carbocycles. The Morgan fingerprint density at radius 3 is 2.38 bits per heavy atom. The molecule has 0 fully saturated rings. The molecule has 1 unspecified atom stereocenters. The van der Waals surface area contributed by atoms with Crippen LogP contribution >= 0.6 is 0 Å². The fourth-order valence-corrected chi connectivity index (χ4v) is 1.66. The van der Waals surface area contributed by atoms with Gasteiger partial charge in [-0.05, 0) is 12.1 Å². The molecule has 114 valence electrons. The van der Waals surface area contributed by atoms with Gasteiger partial charge in [-0.25, -0.2) is 9.59 Å². The van der Waals surface area contributed by atoms with E-state index in [2.05, 4.69) is 10.1 Å². The molecule has 0 saturated heterocycles. The largest absolute Gasteiger partial charge is 0.480 e. The van der Waals surface area contributed by atoms with Gasteiger partial charge in [0.1, 0.15) is 12.1 Å². The van der Waals surface area contributed by atoms with Gasteiger partial charge in [0.05, 0.1) is 12.7 Å². The van der Waals surface area contributed by atoms with E-state index < -0.39 is 30.0 Å². The van der Waals surface area contributed by atoms with Crippen LogP contribution in [0.3, 0.4) is 0 Å². The third-order valence-corrected chi connectivity index (χ3v) is 2.77. The number of ether oxygens (including phenoxy) is 1. The molecule has 0 radical (unpaired) electrons. The second kappa shape index (κ2) is 7.25. The van der Waals surface area contributed by atoms with Gasteiger partial charge in [-0.1, -0.05) is 12.1 Å². The highest BCUT2D eigenvalue weighted by Crippen LogP contribution is 2.18. The van der Waals surface area contributed by atoms with E-state index in [4.69, 9.17) is 15.9 Å². The molecule has 21 heavy (non-hydrogen) atoms. The summed E-state index contributed by atoms with van der Waals surface area (Å²) in [6.07, 6.45) is -0.333. The number of carbonyl (C=O) groups is 3. The minimum atomic E-state index is -1.33. The van der Waals surface area contributed by atoms with Gasteiger partial charge in [0.25, 0.3) is 0 Å². The number of anilines is 1. The lowest BCUT2D eigenvalue weighted by Gasteiger charge is -2.19. The molecule has 0 amide bonds. The van der Waals surface area contributed by atoms with Crippen LogP contribution in [0, 0.1) is 0 Å². The first kappa shape index (κ1) is 16.4. The average molecular weight is 296 g/mol. The Morgan fingerprint density at radius 2 is 1.86 bits per heavy atom. The third kappa shape index (κ3) is 4.46. The lowest BCUT2D eigenvalue weighted by Crippen LogP contribution is -2.40. The van der Waals surface area contributed by atoms with Crippen LogP contribution in [-0.4, -0.2) is 47.3 Å². The maximum absolute atomic E-state index is 11.6. The van der Waals surface area contributed by atoms with Gasteiger partial charge in [-0.15, -0.1) is 0 Å². The van der Waals surface area contributed by atoms with Crippen molar-refractivity contribution >= 4 is 23.6 Å². The Kier molecular flexibility index (Phi) is 5.67. The highest BCUT2D eigenvalue weighted by atomic mass is 16.5. The molecule has 0 heterocycles. The summed E-state index contributed by atoms with van der Waals surface area (Å²) in [5.74, 6) is -3.21. The van der Waals surface area contributed by atoms with Crippen LogP contribution in [0.4, 0.5) is 5.69 Å². The summed E-state index contributed by atoms with van der Waals surface area (Å²) in [6.45, 7) is 0. The van der Waals surface area contributed by atoms with Crippen molar-refractivity contribution in [3.63, 3.8) is 0 Å². The number of carboxylic acid groups (broad SMARTS) is 2. The van der Waals surface area contributed by atoms with E-state index in [1.165, 1.54) is 19.2 Å². The van der Waals surface area contributed by atoms with Gasteiger partial charge in [0.2, 0.25) is 0 Å². The lowest BCUT2D eigenvalue weighted by atomic mass is 10.1. The van der Waals surface area contributed by atoms with Gasteiger partial charge in [0.15, 0.2) is 0 Å². The summed E-state index contributed by atoms with van der Waals surface area (Å²) < 4.78 is 4.59. The molecule has 0 aliphatic heterocycles. The molecule has 0 aromatic heterocycles. The van der Waals surface area contributed by atoms with Gasteiger partial charge < -0.3 is 26.0 Å². The summed E-state index contributed by atoms with van der Waals surface area (Å²) in [5, 5.41) is 20.5. The SMILES string of the molecule is COC(=O)c1ccccc1NC(C[C@@H](N)C(=O)O)C(=O)O. The minimum absolute atomic E-state index is 0.148. The molecule has 0 aliphatic rings. The van der Waals surface area contributed by atoms with Crippen LogP contribution in [0.25, 0.3) is 0 Å². The number of carboxylic acids is 2. The first-order chi connectivity index (χ1) is 9.86. The molecule has 0 spiro atoms. The number of carbonyl (C=O) groups excluding carboxylic acids is 1. The zero-order valence-corrected chi connectivity index (χ0v) is 11.3. The maximum Gasteiger partial charge on any atom is 0.339 e. The quantitative estimate of drug-likeness (QED) is 0.521. The van der Waals surface area contributed by atoms with Crippen LogP contribution in [0.1, 0.15) is 16.8 Å². The van der Waals surface area contributed by atoms with Crippen LogP contribution in [-0.2, 0) is 14.3 Å². The minimum Gasteiger partial charge on any atom is -0.480 e. The van der Waals surface area contributed by atoms with Crippen molar-refractivity contribution < 1.29 is 29.3 Å². The Labute approximate surface area is 120 Å². The summed E-state index contributed by atoms with van der Waals surface area (Å²) in [6, 6.07) is 3.57. The monoisotopic (exact) mass is 296 g/mol. The van der Waals surface area contributed by atoms with Crippen molar-refractivity contribution in [2.24, 2.45) is 5.73 Å². The lowest BCUT2D eigenvalue weighted by molar-refractivity contribution is -0.140. The number of hydrogen-bond acceptors (Lipinski definition) is 6. The number of benzene rings is 1. The van der Waals surface area contributed by atoms with E-state index in [-0.39, 0.29) is 17.7 Å². The van der Waals surface area contributed by atoms with Gasteiger partial charge in [0, 0.05) is 12.1 Å². The Morgan fingerprint density at radius 1 is 1.24 bits per heavy atom. The standard InChI is InChI=1S/C13H16N2O6/c1-21-13(20)7-4-2-3-5-9(7)15-10(12(18)19)6-8(14)11(16)17/h2-5,8,10,15H,6,14H2,1H3,(H,16,17)(H,18,19)/t8-,10?/m1/s1. The second-order valence-electron chi connectivity index (χ2n) is 4.25. The van der Waals surface area contributed by atoms with E-state index in [0.29, 0.717) is 0 Å². The molecule has 8 nitrogen and oxygen atoms in total. The van der Waals surface area contributed by atoms with E-state index in [9.17, 15) is 14.4 Å². The fourth-order valence-electron chi connectivity index (χ4n) is 1.66. The van der Waals surface area contributed by atoms with Gasteiger partial charge in [-0.3, -0.25) is 4.79 Å². The van der Waals surface area contributed by atoms with Crippen molar-refractivity contribution in [3.8, 4) is 0 Å². The predicted octanol–water partition coefficient (Wildman–Crippen LogP) is 0.140. The van der Waals surface area contributed by atoms with Crippen molar-refractivity contribution in [1.82, 2.24) is 0 Å². The molecule has 1 rings (SSSR count). The van der Waals surface area contributed by atoms with Crippen molar-refractivity contribution in [3.05, 3.63) is 29.8 Å². The topological polar surface area (TPSA) is 139 Å².